The summed E-state index contributed by atoms with van der Waals surface area (Å²) < 4.78 is 4.83. The monoisotopic (exact) mass is 310 g/mol. The summed E-state index contributed by atoms with van der Waals surface area (Å²) in [6.45, 7) is 4.48. The molecular formula is C13H14N2O3S2. The highest BCUT2D eigenvalue weighted by molar-refractivity contribution is 7.11. The van der Waals surface area contributed by atoms with Gasteiger partial charge in [-0.3, -0.25) is 4.79 Å². The van der Waals surface area contributed by atoms with E-state index in [2.05, 4.69) is 10.3 Å². The van der Waals surface area contributed by atoms with Crippen molar-refractivity contribution in [1.82, 2.24) is 10.3 Å². The lowest BCUT2D eigenvalue weighted by Crippen LogP contribution is -2.23. The van der Waals surface area contributed by atoms with Crippen LogP contribution in [0.4, 0.5) is 0 Å². The van der Waals surface area contributed by atoms with Crippen LogP contribution in [0.2, 0.25) is 0 Å². The number of hydrogen-bond donors (Lipinski definition) is 1. The molecule has 0 aliphatic heterocycles. The number of nitrogens with zero attached hydrogens (tertiary/aromatic N) is 1. The maximum atomic E-state index is 11.9. The van der Waals surface area contributed by atoms with E-state index in [-0.39, 0.29) is 23.2 Å². The second-order valence-electron chi connectivity index (χ2n) is 3.97. The average molecular weight is 310 g/mol. The van der Waals surface area contributed by atoms with Gasteiger partial charge in [-0.25, -0.2) is 9.78 Å². The van der Waals surface area contributed by atoms with Gasteiger partial charge in [-0.05, 0) is 30.9 Å². The SMILES string of the molecule is CCOC(=O)c1nc(C(=O)NCc2sccc2C)cs1. The summed E-state index contributed by atoms with van der Waals surface area (Å²) in [5, 5.41) is 6.53. The third-order valence-electron chi connectivity index (χ3n) is 2.56. The van der Waals surface area contributed by atoms with Crippen LogP contribution in [-0.2, 0) is 11.3 Å². The largest absolute Gasteiger partial charge is 0.461 e. The molecule has 0 atom stereocenters. The van der Waals surface area contributed by atoms with Crippen LogP contribution >= 0.6 is 22.7 Å². The van der Waals surface area contributed by atoms with Crippen LogP contribution in [-0.4, -0.2) is 23.5 Å². The summed E-state index contributed by atoms with van der Waals surface area (Å²) in [4.78, 5) is 28.5. The molecule has 1 N–H and O–H groups in total. The van der Waals surface area contributed by atoms with Crippen molar-refractivity contribution < 1.29 is 14.3 Å². The Kier molecular flexibility index (Phi) is 4.86. The zero-order chi connectivity index (χ0) is 14.5. The standard InChI is InChI=1S/C13H14N2O3S2/c1-3-18-13(17)12-15-9(7-20-12)11(16)14-6-10-8(2)4-5-19-10/h4-5,7H,3,6H2,1-2H3,(H,14,16). The van der Waals surface area contributed by atoms with Crippen molar-refractivity contribution >= 4 is 34.6 Å². The first-order valence-corrected chi connectivity index (χ1v) is 7.81. The highest BCUT2D eigenvalue weighted by Gasteiger charge is 2.16. The minimum absolute atomic E-state index is 0.198. The molecule has 0 saturated heterocycles. The minimum Gasteiger partial charge on any atom is -0.461 e. The van der Waals surface area contributed by atoms with Crippen molar-refractivity contribution in [2.45, 2.75) is 20.4 Å². The Morgan fingerprint density at radius 2 is 2.20 bits per heavy atom. The van der Waals surface area contributed by atoms with Crippen LogP contribution in [0.25, 0.3) is 0 Å². The number of aryl methyl sites for hydroxylation is 1. The van der Waals surface area contributed by atoms with Gasteiger partial charge in [0.1, 0.15) is 5.69 Å². The number of hydrogen-bond acceptors (Lipinski definition) is 6. The molecule has 2 aromatic rings. The van der Waals surface area contributed by atoms with Crippen molar-refractivity contribution in [3.05, 3.63) is 38.0 Å². The van der Waals surface area contributed by atoms with Gasteiger partial charge in [0.25, 0.3) is 5.91 Å². The van der Waals surface area contributed by atoms with E-state index in [1.165, 1.54) is 0 Å². The number of rotatable bonds is 5. The number of aromatic nitrogens is 1. The highest BCUT2D eigenvalue weighted by atomic mass is 32.1. The van der Waals surface area contributed by atoms with Crippen molar-refractivity contribution in [2.75, 3.05) is 6.61 Å². The van der Waals surface area contributed by atoms with E-state index in [4.69, 9.17) is 4.74 Å². The molecule has 0 unspecified atom stereocenters. The van der Waals surface area contributed by atoms with Crippen molar-refractivity contribution in [3.8, 4) is 0 Å². The maximum absolute atomic E-state index is 11.9. The number of ether oxygens (including phenoxy) is 1. The van der Waals surface area contributed by atoms with Crippen molar-refractivity contribution in [2.24, 2.45) is 0 Å². The maximum Gasteiger partial charge on any atom is 0.367 e. The van der Waals surface area contributed by atoms with E-state index in [1.54, 1.807) is 23.6 Å². The number of carbonyl (C=O) groups excluding carboxylic acids is 2. The van der Waals surface area contributed by atoms with Crippen LogP contribution in [0.5, 0.6) is 0 Å². The van der Waals surface area contributed by atoms with Crippen LogP contribution in [0, 0.1) is 6.92 Å². The first-order valence-electron chi connectivity index (χ1n) is 6.05. The summed E-state index contributed by atoms with van der Waals surface area (Å²) in [6.07, 6.45) is 0. The fourth-order valence-electron chi connectivity index (χ4n) is 1.50. The number of thiophene rings is 1. The predicted octanol–water partition coefficient (Wildman–Crippen LogP) is 2.62. The van der Waals surface area contributed by atoms with E-state index >= 15 is 0 Å². The summed E-state index contributed by atoms with van der Waals surface area (Å²) in [6, 6.07) is 2.01. The number of esters is 1. The van der Waals surface area contributed by atoms with Crippen LogP contribution in [0.3, 0.4) is 0 Å². The van der Waals surface area contributed by atoms with Crippen molar-refractivity contribution in [3.63, 3.8) is 0 Å². The van der Waals surface area contributed by atoms with Gasteiger partial charge in [0, 0.05) is 10.3 Å². The summed E-state index contributed by atoms with van der Waals surface area (Å²) in [5.74, 6) is -0.782. The van der Waals surface area contributed by atoms with E-state index in [1.807, 2.05) is 18.4 Å². The molecule has 2 heterocycles. The Morgan fingerprint density at radius 3 is 2.85 bits per heavy atom. The number of nitrogens with one attached hydrogen (secondary N) is 1. The molecule has 1 amide bonds. The van der Waals surface area contributed by atoms with Gasteiger partial charge in [0.15, 0.2) is 0 Å². The normalized spacial score (nSPS) is 10.3. The Morgan fingerprint density at radius 1 is 1.40 bits per heavy atom. The fourth-order valence-corrected chi connectivity index (χ4v) is 3.04. The second-order valence-corrected chi connectivity index (χ2v) is 5.83. The Hall–Kier alpha value is -1.73. The van der Waals surface area contributed by atoms with E-state index in [0.717, 1.165) is 21.8 Å². The Bertz CT molecular complexity index is 619. The third-order valence-corrected chi connectivity index (χ3v) is 4.41. The molecule has 2 aromatic heterocycles. The first kappa shape index (κ1) is 14.7. The molecule has 0 fully saturated rings. The van der Waals surface area contributed by atoms with Gasteiger partial charge in [-0.1, -0.05) is 0 Å². The molecule has 0 aliphatic carbocycles. The molecule has 106 valence electrons. The van der Waals surface area contributed by atoms with Crippen molar-refractivity contribution in [1.29, 1.82) is 0 Å². The minimum atomic E-state index is -0.495. The van der Waals surface area contributed by atoms with E-state index < -0.39 is 5.97 Å². The fraction of sp³-hybridized carbons (Fsp3) is 0.308. The number of thiazole rings is 1. The quantitative estimate of drug-likeness (QED) is 0.862. The van der Waals surface area contributed by atoms with Gasteiger partial charge < -0.3 is 10.1 Å². The average Bonchev–Trinajstić information content (AvgIpc) is 3.05. The molecular weight excluding hydrogens is 296 g/mol. The first-order chi connectivity index (χ1) is 9.61. The summed E-state index contributed by atoms with van der Waals surface area (Å²) >= 11 is 2.71. The Labute approximate surface area is 124 Å². The zero-order valence-corrected chi connectivity index (χ0v) is 12.8. The highest BCUT2D eigenvalue weighted by Crippen LogP contribution is 2.15. The molecule has 5 nitrogen and oxygen atoms in total. The number of carbonyl (C=O) groups is 2. The molecule has 0 aliphatic rings. The summed E-state index contributed by atoms with van der Waals surface area (Å²) in [5.41, 5.74) is 1.40. The molecule has 0 aromatic carbocycles. The van der Waals surface area contributed by atoms with Crippen LogP contribution < -0.4 is 5.32 Å². The molecule has 0 saturated carbocycles. The lowest BCUT2D eigenvalue weighted by Gasteiger charge is -2.02. The molecule has 0 radical (unpaired) electrons. The summed E-state index contributed by atoms with van der Waals surface area (Å²) in [7, 11) is 0. The Balaban J connectivity index is 1.96. The molecule has 0 spiro atoms. The topological polar surface area (TPSA) is 68.3 Å². The van der Waals surface area contributed by atoms with E-state index in [9.17, 15) is 9.59 Å². The lowest BCUT2D eigenvalue weighted by molar-refractivity contribution is 0.0526. The molecule has 20 heavy (non-hydrogen) atoms. The van der Waals surface area contributed by atoms with Crippen LogP contribution in [0.1, 0.15) is 37.7 Å². The molecule has 7 heteroatoms. The smallest absolute Gasteiger partial charge is 0.367 e. The van der Waals surface area contributed by atoms with Gasteiger partial charge >= 0.3 is 5.97 Å². The number of amides is 1. The van der Waals surface area contributed by atoms with Gasteiger partial charge in [0.2, 0.25) is 5.01 Å². The molecule has 0 bridgehead atoms. The second kappa shape index (κ2) is 6.62. The predicted molar refractivity (Wildman–Crippen MR) is 78.3 cm³/mol. The zero-order valence-electron chi connectivity index (χ0n) is 11.1. The molecule has 2 rings (SSSR count). The van der Waals surface area contributed by atoms with Gasteiger partial charge in [-0.15, -0.1) is 22.7 Å². The lowest BCUT2D eigenvalue weighted by atomic mass is 10.3. The van der Waals surface area contributed by atoms with E-state index in [0.29, 0.717) is 6.54 Å². The van der Waals surface area contributed by atoms with Crippen LogP contribution in [0.15, 0.2) is 16.8 Å². The van der Waals surface area contributed by atoms with Gasteiger partial charge in [-0.2, -0.15) is 0 Å². The van der Waals surface area contributed by atoms with Gasteiger partial charge in [0.05, 0.1) is 13.2 Å². The third kappa shape index (κ3) is 3.43.